The fraction of sp³-hybridized carbons (Fsp3) is 0. The van der Waals surface area contributed by atoms with Crippen molar-refractivity contribution < 1.29 is 0 Å². The van der Waals surface area contributed by atoms with E-state index < -0.39 is 0 Å². The van der Waals surface area contributed by atoms with Gasteiger partial charge in [0.2, 0.25) is 0 Å². The molecule has 17 aromatic rings. The van der Waals surface area contributed by atoms with E-state index in [4.69, 9.17) is 9.97 Å². The van der Waals surface area contributed by atoms with Gasteiger partial charge in [0.15, 0.2) is 0 Å². The van der Waals surface area contributed by atoms with Gasteiger partial charge in [-0.25, -0.2) is 9.97 Å². The minimum Gasteiger partial charge on any atom is -0.306 e. The second-order valence-electron chi connectivity index (χ2n) is 19.6. The standard InChI is InChI=1S/C68H38N4/c1-5-17-39(18-6-1)43-29-31-57-51(33-43)53-35-45(41-21-9-3-10-22-41)37-55-59-63-64(70-62-50-28-16-14-26-48(50)47-25-13-15-27-49(47)61(62)69-63)60-56-38-46(42-23-11-4-12-24-42)36-54-52-34-44(40-19-7-2-8-20-40)30-32-58(52)72(66(54)56)68(60)67(59)71(57)65(53)55/h1-38H. The van der Waals surface area contributed by atoms with Gasteiger partial charge in [-0.3, -0.25) is 0 Å². The van der Waals surface area contributed by atoms with E-state index in [1.165, 1.54) is 110 Å². The van der Waals surface area contributed by atoms with E-state index in [-0.39, 0.29) is 0 Å². The van der Waals surface area contributed by atoms with Crippen LogP contribution in [-0.4, -0.2) is 18.8 Å². The molecule has 0 N–H and O–H groups in total. The van der Waals surface area contributed by atoms with Gasteiger partial charge in [-0.05, 0) is 104 Å². The van der Waals surface area contributed by atoms with E-state index in [0.29, 0.717) is 0 Å². The van der Waals surface area contributed by atoms with Crippen LogP contribution in [0.2, 0.25) is 0 Å². The van der Waals surface area contributed by atoms with Crippen LogP contribution in [-0.2, 0) is 0 Å². The zero-order valence-electron chi connectivity index (χ0n) is 38.7. The third kappa shape index (κ3) is 4.99. The van der Waals surface area contributed by atoms with E-state index in [9.17, 15) is 0 Å². The molecule has 4 heteroatoms. The van der Waals surface area contributed by atoms with Crippen LogP contribution in [0.25, 0.3) is 164 Å². The van der Waals surface area contributed by atoms with Gasteiger partial charge in [0.1, 0.15) is 11.0 Å². The minimum absolute atomic E-state index is 0.917. The van der Waals surface area contributed by atoms with Crippen molar-refractivity contribution in [3.05, 3.63) is 231 Å². The molecule has 0 aliphatic rings. The van der Waals surface area contributed by atoms with Crippen LogP contribution in [0.1, 0.15) is 0 Å². The quantitative estimate of drug-likeness (QED) is 0.130. The molecular weight excluding hydrogens is 873 g/mol. The normalized spacial score (nSPS) is 12.4. The van der Waals surface area contributed by atoms with E-state index in [2.05, 4.69) is 239 Å². The van der Waals surface area contributed by atoms with Crippen molar-refractivity contribution in [2.75, 3.05) is 0 Å². The lowest BCUT2D eigenvalue weighted by atomic mass is 9.95. The van der Waals surface area contributed by atoms with Gasteiger partial charge in [0, 0.05) is 53.9 Å². The molecule has 5 heterocycles. The highest BCUT2D eigenvalue weighted by Crippen LogP contribution is 2.52. The molecule has 0 saturated carbocycles. The zero-order valence-corrected chi connectivity index (χ0v) is 38.7. The van der Waals surface area contributed by atoms with Gasteiger partial charge < -0.3 is 8.80 Å². The Balaban J connectivity index is 1.16. The Labute approximate surface area is 411 Å². The monoisotopic (exact) mass is 910 g/mol. The summed E-state index contributed by atoms with van der Waals surface area (Å²) in [5.74, 6) is 0. The predicted octanol–water partition coefficient (Wildman–Crippen LogP) is 18.1. The molecule has 0 amide bonds. The smallest absolute Gasteiger partial charge is 0.100 e. The lowest BCUT2D eigenvalue weighted by Gasteiger charge is -2.13. The summed E-state index contributed by atoms with van der Waals surface area (Å²) < 4.78 is 5.17. The van der Waals surface area contributed by atoms with Gasteiger partial charge in [-0.2, -0.15) is 0 Å². The van der Waals surface area contributed by atoms with Crippen molar-refractivity contribution in [2.24, 2.45) is 0 Å². The Kier molecular flexibility index (Phi) is 7.44. The molecule has 5 aromatic heterocycles. The highest BCUT2D eigenvalue weighted by Gasteiger charge is 2.30. The topological polar surface area (TPSA) is 34.6 Å². The molecular formula is C68H38N4. The number of fused-ring (bicyclic) bond motifs is 22. The van der Waals surface area contributed by atoms with Crippen LogP contribution >= 0.6 is 0 Å². The van der Waals surface area contributed by atoms with E-state index in [1.807, 2.05) is 0 Å². The van der Waals surface area contributed by atoms with Crippen LogP contribution in [0.4, 0.5) is 0 Å². The van der Waals surface area contributed by atoms with Crippen molar-refractivity contribution in [1.82, 2.24) is 18.8 Å². The number of nitrogens with zero attached hydrogens (tertiary/aromatic N) is 4. The SMILES string of the molecule is c1ccc(-c2ccc3c(c2)c2cc(-c4ccccc4)cc4c5c6nc7c8ccccc8c8ccccc8c7nc6c6c7cc(-c8ccccc8)cc8c9cc(-c%10ccccc%10)ccc9n(c87)c6c5n3c24)cc1. The van der Waals surface area contributed by atoms with Crippen LogP contribution in [0.15, 0.2) is 231 Å². The molecule has 0 spiro atoms. The number of hydrogen-bond acceptors (Lipinski definition) is 2. The van der Waals surface area contributed by atoms with Crippen LogP contribution in [0.5, 0.6) is 0 Å². The molecule has 0 aliphatic carbocycles. The van der Waals surface area contributed by atoms with Crippen molar-refractivity contribution in [1.29, 1.82) is 0 Å². The van der Waals surface area contributed by atoms with Crippen molar-refractivity contribution >= 4 is 120 Å². The molecule has 72 heavy (non-hydrogen) atoms. The second kappa shape index (κ2) is 14.0. The third-order valence-corrected chi connectivity index (χ3v) is 15.9. The fourth-order valence-electron chi connectivity index (χ4n) is 12.8. The Bertz CT molecular complexity index is 4790. The van der Waals surface area contributed by atoms with Gasteiger partial charge in [-0.15, -0.1) is 0 Å². The summed E-state index contributed by atoms with van der Waals surface area (Å²) in [7, 11) is 0. The summed E-state index contributed by atoms with van der Waals surface area (Å²) in [6.45, 7) is 0. The molecule has 0 atom stereocenters. The van der Waals surface area contributed by atoms with Gasteiger partial charge in [0.25, 0.3) is 0 Å². The Hall–Kier alpha value is -9.64. The first kappa shape index (κ1) is 38.2. The molecule has 0 radical (unpaired) electrons. The summed E-state index contributed by atoms with van der Waals surface area (Å²) in [6, 6.07) is 84.6. The zero-order chi connectivity index (χ0) is 46.8. The van der Waals surface area contributed by atoms with Gasteiger partial charge >= 0.3 is 0 Å². The molecule has 0 bridgehead atoms. The van der Waals surface area contributed by atoms with Gasteiger partial charge in [0.05, 0.1) is 44.1 Å². The first-order valence-electron chi connectivity index (χ1n) is 24.8. The maximum atomic E-state index is 6.01. The summed E-state index contributed by atoms with van der Waals surface area (Å²) in [4.78, 5) is 12.0. The molecule has 17 rings (SSSR count). The summed E-state index contributed by atoms with van der Waals surface area (Å²) in [5.41, 5.74) is 20.2. The molecule has 0 aliphatic heterocycles. The number of aromatic nitrogens is 4. The molecule has 0 saturated heterocycles. The van der Waals surface area contributed by atoms with E-state index in [1.54, 1.807) is 0 Å². The lowest BCUT2D eigenvalue weighted by molar-refractivity contribution is 1.33. The summed E-state index contributed by atoms with van der Waals surface area (Å²) >= 11 is 0. The number of benzene rings is 12. The van der Waals surface area contributed by atoms with Crippen LogP contribution in [0.3, 0.4) is 0 Å². The highest BCUT2D eigenvalue weighted by molar-refractivity contribution is 6.41. The molecule has 0 unspecified atom stereocenters. The molecule has 330 valence electrons. The first-order valence-corrected chi connectivity index (χ1v) is 24.8. The largest absolute Gasteiger partial charge is 0.306 e. The lowest BCUT2D eigenvalue weighted by Crippen LogP contribution is -1.95. The fourth-order valence-corrected chi connectivity index (χ4v) is 12.8. The number of hydrogen-bond donors (Lipinski definition) is 0. The minimum atomic E-state index is 0.917. The Morgan fingerprint density at radius 2 is 0.528 bits per heavy atom. The maximum Gasteiger partial charge on any atom is 0.100 e. The number of rotatable bonds is 4. The molecule has 12 aromatic carbocycles. The Morgan fingerprint density at radius 1 is 0.208 bits per heavy atom. The maximum absolute atomic E-state index is 6.01. The summed E-state index contributed by atoms with van der Waals surface area (Å²) in [6.07, 6.45) is 0. The van der Waals surface area contributed by atoms with Crippen LogP contribution < -0.4 is 0 Å². The van der Waals surface area contributed by atoms with E-state index in [0.717, 1.165) is 54.6 Å². The first-order chi connectivity index (χ1) is 35.7. The molecule has 0 fully saturated rings. The van der Waals surface area contributed by atoms with Crippen molar-refractivity contribution in [3.63, 3.8) is 0 Å². The average molecular weight is 911 g/mol. The predicted molar refractivity (Wildman–Crippen MR) is 303 cm³/mol. The van der Waals surface area contributed by atoms with Crippen LogP contribution in [0, 0.1) is 0 Å². The van der Waals surface area contributed by atoms with E-state index >= 15 is 0 Å². The van der Waals surface area contributed by atoms with Gasteiger partial charge in [-0.1, -0.05) is 182 Å². The second-order valence-corrected chi connectivity index (χ2v) is 19.6. The summed E-state index contributed by atoms with van der Waals surface area (Å²) in [5, 5.41) is 14.1. The van der Waals surface area contributed by atoms with Crippen molar-refractivity contribution in [2.45, 2.75) is 0 Å². The average Bonchev–Trinajstić information content (AvgIpc) is 4.20. The third-order valence-electron chi connectivity index (χ3n) is 15.9. The Morgan fingerprint density at radius 3 is 0.917 bits per heavy atom. The van der Waals surface area contributed by atoms with Crippen molar-refractivity contribution in [3.8, 4) is 44.5 Å². The highest BCUT2D eigenvalue weighted by atomic mass is 15.0. The molecule has 4 nitrogen and oxygen atoms in total.